The molecule has 4 nitrogen and oxygen atoms in total. The quantitative estimate of drug-likeness (QED) is 0.928. The van der Waals surface area contributed by atoms with Crippen molar-refractivity contribution in [1.29, 1.82) is 0 Å². The number of aryl methyl sites for hydroxylation is 1. The van der Waals surface area contributed by atoms with Crippen LogP contribution in [0.25, 0.3) is 11.1 Å². The van der Waals surface area contributed by atoms with Crippen molar-refractivity contribution in [3.05, 3.63) is 28.9 Å². The minimum Gasteiger partial charge on any atom is -0.493 e. The van der Waals surface area contributed by atoms with Gasteiger partial charge in [-0.1, -0.05) is 22.4 Å². The second-order valence-corrected chi connectivity index (χ2v) is 6.27. The fourth-order valence-electron chi connectivity index (χ4n) is 2.34. The Morgan fingerprint density at radius 3 is 2.80 bits per heavy atom. The lowest BCUT2D eigenvalue weighted by atomic mass is 9.86. The fourth-order valence-corrected chi connectivity index (χ4v) is 2.82. The number of rotatable bonds is 4. The van der Waals surface area contributed by atoms with Crippen LogP contribution in [-0.4, -0.2) is 16.4 Å². The normalized spacial score (nSPS) is 15.1. The number of hydrogen-bond acceptors (Lipinski definition) is 3. The molecule has 0 spiro atoms. The van der Waals surface area contributed by atoms with Gasteiger partial charge in [-0.2, -0.15) is 5.10 Å². The molecule has 2 aromatic rings. The van der Waals surface area contributed by atoms with Gasteiger partial charge in [0.05, 0.1) is 12.8 Å². The summed E-state index contributed by atoms with van der Waals surface area (Å²) in [5.41, 5.74) is 7.99. The SMILES string of the molecule is Cn1ncc(-c2cc(Br)cc(OCC3CCC3)c2)c1N. The monoisotopic (exact) mass is 335 g/mol. The van der Waals surface area contributed by atoms with Crippen molar-refractivity contribution in [2.75, 3.05) is 12.3 Å². The zero-order valence-corrected chi connectivity index (χ0v) is 13.1. The van der Waals surface area contributed by atoms with Crippen molar-refractivity contribution in [3.8, 4) is 16.9 Å². The summed E-state index contributed by atoms with van der Waals surface area (Å²) < 4.78 is 8.56. The second-order valence-electron chi connectivity index (χ2n) is 5.35. The molecule has 0 aliphatic heterocycles. The minimum atomic E-state index is 0.660. The van der Waals surface area contributed by atoms with Crippen LogP contribution in [0.3, 0.4) is 0 Å². The number of nitrogens with zero attached hydrogens (tertiary/aromatic N) is 2. The van der Waals surface area contributed by atoms with Crippen molar-refractivity contribution >= 4 is 21.7 Å². The van der Waals surface area contributed by atoms with Gasteiger partial charge in [0.15, 0.2) is 0 Å². The highest BCUT2D eigenvalue weighted by Gasteiger charge is 2.18. The molecule has 1 heterocycles. The predicted octanol–water partition coefficient (Wildman–Crippen LogP) is 3.61. The molecule has 0 unspecified atom stereocenters. The van der Waals surface area contributed by atoms with E-state index in [-0.39, 0.29) is 0 Å². The molecular weight excluding hydrogens is 318 g/mol. The van der Waals surface area contributed by atoms with Gasteiger partial charge in [-0.3, -0.25) is 4.68 Å². The van der Waals surface area contributed by atoms with E-state index in [1.807, 2.05) is 25.2 Å². The molecular formula is C15H18BrN3O. The highest BCUT2D eigenvalue weighted by molar-refractivity contribution is 9.10. The largest absolute Gasteiger partial charge is 0.493 e. The molecule has 0 amide bonds. The first-order chi connectivity index (χ1) is 9.63. The first kappa shape index (κ1) is 13.5. The Hall–Kier alpha value is -1.49. The van der Waals surface area contributed by atoms with Gasteiger partial charge >= 0.3 is 0 Å². The van der Waals surface area contributed by atoms with E-state index in [1.165, 1.54) is 19.3 Å². The van der Waals surface area contributed by atoms with Crippen LogP contribution in [0.4, 0.5) is 5.82 Å². The Bertz CT molecular complexity index is 620. The summed E-state index contributed by atoms with van der Waals surface area (Å²) in [6.07, 6.45) is 5.70. The highest BCUT2D eigenvalue weighted by Crippen LogP contribution is 2.33. The average molecular weight is 336 g/mol. The van der Waals surface area contributed by atoms with Crippen LogP contribution in [0.2, 0.25) is 0 Å². The van der Waals surface area contributed by atoms with Gasteiger partial charge in [0.25, 0.3) is 0 Å². The minimum absolute atomic E-state index is 0.660. The van der Waals surface area contributed by atoms with Crippen molar-refractivity contribution in [2.45, 2.75) is 19.3 Å². The smallest absolute Gasteiger partial charge is 0.129 e. The molecule has 1 aromatic heterocycles. The molecule has 1 aromatic carbocycles. The van der Waals surface area contributed by atoms with E-state index in [2.05, 4.69) is 21.0 Å². The van der Waals surface area contributed by atoms with Crippen LogP contribution in [0.1, 0.15) is 19.3 Å². The van der Waals surface area contributed by atoms with Gasteiger partial charge in [-0.25, -0.2) is 0 Å². The summed E-state index contributed by atoms with van der Waals surface area (Å²) in [6.45, 7) is 0.804. The number of nitrogens with two attached hydrogens (primary N) is 1. The summed E-state index contributed by atoms with van der Waals surface area (Å²) in [5.74, 6) is 2.26. The maximum absolute atomic E-state index is 6.03. The summed E-state index contributed by atoms with van der Waals surface area (Å²) in [5, 5.41) is 4.18. The van der Waals surface area contributed by atoms with E-state index in [9.17, 15) is 0 Å². The van der Waals surface area contributed by atoms with Gasteiger partial charge in [0.2, 0.25) is 0 Å². The highest BCUT2D eigenvalue weighted by atomic mass is 79.9. The molecule has 0 atom stereocenters. The van der Waals surface area contributed by atoms with Crippen molar-refractivity contribution in [3.63, 3.8) is 0 Å². The molecule has 20 heavy (non-hydrogen) atoms. The number of ether oxygens (including phenoxy) is 1. The van der Waals surface area contributed by atoms with E-state index in [4.69, 9.17) is 10.5 Å². The van der Waals surface area contributed by atoms with Crippen molar-refractivity contribution in [1.82, 2.24) is 9.78 Å². The van der Waals surface area contributed by atoms with Crippen LogP contribution >= 0.6 is 15.9 Å². The van der Waals surface area contributed by atoms with E-state index < -0.39 is 0 Å². The number of halogens is 1. The molecule has 1 aliphatic rings. The van der Waals surface area contributed by atoms with E-state index in [1.54, 1.807) is 10.9 Å². The lowest BCUT2D eigenvalue weighted by Gasteiger charge is -2.25. The first-order valence-corrected chi connectivity index (χ1v) is 7.64. The Kier molecular flexibility index (Phi) is 3.70. The third-order valence-corrected chi connectivity index (χ3v) is 4.34. The summed E-state index contributed by atoms with van der Waals surface area (Å²) in [4.78, 5) is 0. The first-order valence-electron chi connectivity index (χ1n) is 6.84. The predicted molar refractivity (Wildman–Crippen MR) is 83.6 cm³/mol. The van der Waals surface area contributed by atoms with Crippen LogP contribution in [0.15, 0.2) is 28.9 Å². The van der Waals surface area contributed by atoms with Gasteiger partial charge in [-0.05, 0) is 42.5 Å². The lowest BCUT2D eigenvalue weighted by Crippen LogP contribution is -2.19. The lowest BCUT2D eigenvalue weighted by molar-refractivity contribution is 0.180. The molecule has 0 saturated heterocycles. The molecule has 3 rings (SSSR count). The number of anilines is 1. The Labute approximate surface area is 127 Å². The second kappa shape index (κ2) is 5.48. The summed E-state index contributed by atoms with van der Waals surface area (Å²) in [7, 11) is 1.84. The van der Waals surface area contributed by atoms with E-state index in [0.717, 1.165) is 33.9 Å². The fraction of sp³-hybridized carbons (Fsp3) is 0.400. The van der Waals surface area contributed by atoms with Gasteiger partial charge in [-0.15, -0.1) is 0 Å². The van der Waals surface area contributed by atoms with E-state index >= 15 is 0 Å². The van der Waals surface area contributed by atoms with Crippen LogP contribution < -0.4 is 10.5 Å². The van der Waals surface area contributed by atoms with Crippen LogP contribution in [-0.2, 0) is 7.05 Å². The summed E-state index contributed by atoms with van der Waals surface area (Å²) >= 11 is 3.53. The molecule has 0 bridgehead atoms. The Morgan fingerprint density at radius 2 is 2.20 bits per heavy atom. The Morgan fingerprint density at radius 1 is 1.40 bits per heavy atom. The van der Waals surface area contributed by atoms with Gasteiger partial charge in [0, 0.05) is 17.1 Å². The molecule has 2 N–H and O–H groups in total. The third kappa shape index (κ3) is 2.68. The standard InChI is InChI=1S/C15H18BrN3O/c1-19-15(17)14(8-18-19)11-5-12(16)7-13(6-11)20-9-10-3-2-4-10/h5-8,10H,2-4,9,17H2,1H3. The van der Waals surface area contributed by atoms with Crippen molar-refractivity contribution in [2.24, 2.45) is 13.0 Å². The molecule has 5 heteroatoms. The maximum atomic E-state index is 6.03. The van der Waals surface area contributed by atoms with E-state index in [0.29, 0.717) is 5.82 Å². The molecule has 106 valence electrons. The maximum Gasteiger partial charge on any atom is 0.129 e. The zero-order chi connectivity index (χ0) is 14.1. The Balaban J connectivity index is 1.83. The number of benzene rings is 1. The van der Waals surface area contributed by atoms with Crippen LogP contribution in [0.5, 0.6) is 5.75 Å². The van der Waals surface area contributed by atoms with Gasteiger partial charge in [0.1, 0.15) is 11.6 Å². The van der Waals surface area contributed by atoms with Crippen LogP contribution in [0, 0.1) is 5.92 Å². The zero-order valence-electron chi connectivity index (χ0n) is 11.5. The summed E-state index contributed by atoms with van der Waals surface area (Å²) in [6, 6.07) is 6.05. The topological polar surface area (TPSA) is 53.1 Å². The molecule has 0 radical (unpaired) electrons. The molecule has 1 fully saturated rings. The van der Waals surface area contributed by atoms with Gasteiger partial charge < -0.3 is 10.5 Å². The number of hydrogen-bond donors (Lipinski definition) is 1. The number of aromatic nitrogens is 2. The average Bonchev–Trinajstić information content (AvgIpc) is 2.67. The molecule has 1 saturated carbocycles. The van der Waals surface area contributed by atoms with Crippen molar-refractivity contribution < 1.29 is 4.74 Å². The third-order valence-electron chi connectivity index (χ3n) is 3.88. The number of nitrogen functional groups attached to an aromatic ring is 1. The molecule has 1 aliphatic carbocycles.